The summed E-state index contributed by atoms with van der Waals surface area (Å²) in [7, 11) is 0. The summed E-state index contributed by atoms with van der Waals surface area (Å²) >= 11 is 0. The molecule has 3 N–H and O–H groups in total. The smallest absolute Gasteiger partial charge is 0.317 e. The number of rotatable bonds is 5. The number of urea groups is 1. The molecular formula is C18H22N6O4. The van der Waals surface area contributed by atoms with Gasteiger partial charge in [0, 0.05) is 38.1 Å². The Balaban J connectivity index is 1.59. The number of carbonyl (C=O) groups is 3. The summed E-state index contributed by atoms with van der Waals surface area (Å²) in [5, 5.41) is 8.25. The molecule has 148 valence electrons. The second-order valence-electron chi connectivity index (χ2n) is 6.29. The Morgan fingerprint density at radius 2 is 1.93 bits per heavy atom. The molecule has 1 aliphatic heterocycles. The van der Waals surface area contributed by atoms with E-state index >= 15 is 0 Å². The number of aromatic nitrogens is 2. The van der Waals surface area contributed by atoms with Crippen LogP contribution in [0.3, 0.4) is 0 Å². The van der Waals surface area contributed by atoms with E-state index in [1.165, 1.54) is 31.0 Å². The van der Waals surface area contributed by atoms with Gasteiger partial charge in [-0.15, -0.1) is 0 Å². The summed E-state index contributed by atoms with van der Waals surface area (Å²) in [5.74, 6) is -0.795. The van der Waals surface area contributed by atoms with Crippen LogP contribution in [0.5, 0.6) is 0 Å². The molecule has 0 atom stereocenters. The van der Waals surface area contributed by atoms with Crippen LogP contribution in [0.4, 0.5) is 10.6 Å². The summed E-state index contributed by atoms with van der Waals surface area (Å²) in [6.45, 7) is 3.56. The minimum atomic E-state index is -0.446. The van der Waals surface area contributed by atoms with Crippen molar-refractivity contribution in [3.63, 3.8) is 0 Å². The minimum absolute atomic E-state index is 0.0329. The Morgan fingerprint density at radius 1 is 1.18 bits per heavy atom. The first-order valence-electron chi connectivity index (χ1n) is 9.06. The van der Waals surface area contributed by atoms with Gasteiger partial charge in [0.05, 0.1) is 11.8 Å². The lowest BCUT2D eigenvalue weighted by Gasteiger charge is -2.32. The van der Waals surface area contributed by atoms with E-state index in [0.29, 0.717) is 38.0 Å². The first-order chi connectivity index (χ1) is 13.6. The van der Waals surface area contributed by atoms with Crippen molar-refractivity contribution in [3.05, 3.63) is 42.2 Å². The van der Waals surface area contributed by atoms with Crippen LogP contribution in [0.1, 0.15) is 40.6 Å². The Hall–Kier alpha value is -3.43. The molecule has 0 aromatic carbocycles. The maximum atomic E-state index is 12.6. The van der Waals surface area contributed by atoms with Gasteiger partial charge >= 0.3 is 6.03 Å². The van der Waals surface area contributed by atoms with E-state index < -0.39 is 11.8 Å². The first kappa shape index (κ1) is 19.3. The van der Waals surface area contributed by atoms with Crippen molar-refractivity contribution in [3.8, 4) is 0 Å². The summed E-state index contributed by atoms with van der Waals surface area (Å²) in [4.78, 5) is 46.5. The Labute approximate surface area is 161 Å². The van der Waals surface area contributed by atoms with Gasteiger partial charge in [0.1, 0.15) is 6.26 Å². The van der Waals surface area contributed by atoms with Gasteiger partial charge in [-0.25, -0.2) is 14.8 Å². The number of anilines is 1. The summed E-state index contributed by atoms with van der Waals surface area (Å²) in [5.41, 5.74) is 0.347. The highest BCUT2D eigenvalue weighted by Gasteiger charge is 2.25. The molecule has 10 heteroatoms. The number of carbonyl (C=O) groups excluding carboxylic acids is 3. The molecule has 4 amide bonds. The average Bonchev–Trinajstić information content (AvgIpc) is 3.24. The summed E-state index contributed by atoms with van der Waals surface area (Å²) in [6, 6.07) is 1.33. The van der Waals surface area contributed by atoms with Gasteiger partial charge in [0.15, 0.2) is 11.5 Å². The third-order valence-electron chi connectivity index (χ3n) is 4.37. The molecule has 1 fully saturated rings. The number of amides is 4. The van der Waals surface area contributed by atoms with Crippen molar-refractivity contribution >= 4 is 23.7 Å². The van der Waals surface area contributed by atoms with Crippen LogP contribution in [0.25, 0.3) is 0 Å². The molecule has 28 heavy (non-hydrogen) atoms. The van der Waals surface area contributed by atoms with E-state index in [1.54, 1.807) is 4.90 Å². The molecule has 2 aromatic rings. The monoisotopic (exact) mass is 386 g/mol. The molecule has 1 saturated heterocycles. The van der Waals surface area contributed by atoms with Gasteiger partial charge in [0.25, 0.3) is 11.8 Å². The van der Waals surface area contributed by atoms with E-state index in [1.807, 2.05) is 6.92 Å². The highest BCUT2D eigenvalue weighted by molar-refractivity contribution is 6.07. The van der Waals surface area contributed by atoms with Crippen LogP contribution in [0.2, 0.25) is 0 Å². The predicted octanol–water partition coefficient (Wildman–Crippen LogP) is 1.25. The fraction of sp³-hybridized carbons (Fsp3) is 0.389. The molecule has 0 unspecified atom stereocenters. The number of hydrogen-bond donors (Lipinski definition) is 3. The molecule has 3 rings (SSSR count). The van der Waals surface area contributed by atoms with Crippen molar-refractivity contribution in [1.82, 2.24) is 25.5 Å². The molecule has 0 saturated carbocycles. The molecule has 0 radical (unpaired) electrons. The predicted molar refractivity (Wildman–Crippen MR) is 99.8 cm³/mol. The fourth-order valence-electron chi connectivity index (χ4n) is 2.91. The quantitative estimate of drug-likeness (QED) is 0.709. The number of piperidine rings is 1. The zero-order valence-corrected chi connectivity index (χ0v) is 15.5. The molecule has 0 spiro atoms. The average molecular weight is 386 g/mol. The highest BCUT2D eigenvalue weighted by Crippen LogP contribution is 2.14. The lowest BCUT2D eigenvalue weighted by molar-refractivity contribution is 0.0913. The van der Waals surface area contributed by atoms with Crippen LogP contribution in [0, 0.1) is 0 Å². The van der Waals surface area contributed by atoms with Crippen LogP contribution < -0.4 is 16.0 Å². The number of likely N-dealkylation sites (tertiary alicyclic amines) is 1. The largest absolute Gasteiger partial charge is 0.472 e. The molecule has 0 bridgehead atoms. The fourth-order valence-corrected chi connectivity index (χ4v) is 2.91. The van der Waals surface area contributed by atoms with Crippen LogP contribution in [0.15, 0.2) is 35.4 Å². The van der Waals surface area contributed by atoms with Crippen molar-refractivity contribution in [2.45, 2.75) is 25.8 Å². The number of nitrogens with one attached hydrogen (secondary N) is 3. The normalized spacial score (nSPS) is 14.4. The highest BCUT2D eigenvalue weighted by atomic mass is 16.3. The number of furan rings is 1. The van der Waals surface area contributed by atoms with Crippen molar-refractivity contribution in [1.29, 1.82) is 0 Å². The maximum absolute atomic E-state index is 12.6. The zero-order valence-electron chi connectivity index (χ0n) is 15.5. The summed E-state index contributed by atoms with van der Waals surface area (Å²) in [6.07, 6.45) is 6.74. The molecule has 3 heterocycles. The van der Waals surface area contributed by atoms with Crippen LogP contribution >= 0.6 is 0 Å². The Kier molecular flexibility index (Phi) is 6.20. The van der Waals surface area contributed by atoms with E-state index in [9.17, 15) is 14.4 Å². The summed E-state index contributed by atoms with van der Waals surface area (Å²) < 4.78 is 4.88. The van der Waals surface area contributed by atoms with Gasteiger partial charge in [-0.1, -0.05) is 0 Å². The van der Waals surface area contributed by atoms with Crippen LogP contribution in [-0.4, -0.2) is 58.4 Å². The topological polar surface area (TPSA) is 129 Å². The Bertz CT molecular complexity index is 830. The third kappa shape index (κ3) is 4.64. The third-order valence-corrected chi connectivity index (χ3v) is 4.37. The van der Waals surface area contributed by atoms with Gasteiger partial charge in [-0.05, 0) is 25.8 Å². The lowest BCUT2D eigenvalue weighted by atomic mass is 10.1. The minimum Gasteiger partial charge on any atom is -0.472 e. The van der Waals surface area contributed by atoms with E-state index in [2.05, 4.69) is 25.9 Å². The number of hydrogen-bond acceptors (Lipinski definition) is 6. The van der Waals surface area contributed by atoms with Gasteiger partial charge in [-0.2, -0.15) is 0 Å². The second kappa shape index (κ2) is 8.98. The second-order valence-corrected chi connectivity index (χ2v) is 6.29. The first-order valence-corrected chi connectivity index (χ1v) is 9.06. The van der Waals surface area contributed by atoms with Crippen molar-refractivity contribution < 1.29 is 18.8 Å². The van der Waals surface area contributed by atoms with Crippen molar-refractivity contribution in [2.24, 2.45) is 0 Å². The van der Waals surface area contributed by atoms with Gasteiger partial charge in [-0.3, -0.25) is 9.59 Å². The zero-order chi connectivity index (χ0) is 19.9. The Morgan fingerprint density at radius 3 is 2.61 bits per heavy atom. The van der Waals surface area contributed by atoms with E-state index in [-0.39, 0.29) is 23.6 Å². The van der Waals surface area contributed by atoms with E-state index in [4.69, 9.17) is 4.42 Å². The van der Waals surface area contributed by atoms with Gasteiger partial charge in [0.2, 0.25) is 0 Å². The molecule has 0 aliphatic carbocycles. The molecule has 1 aliphatic rings. The van der Waals surface area contributed by atoms with Crippen molar-refractivity contribution in [2.75, 3.05) is 25.0 Å². The van der Waals surface area contributed by atoms with E-state index in [0.717, 1.165) is 0 Å². The van der Waals surface area contributed by atoms with Crippen LogP contribution in [-0.2, 0) is 0 Å². The van der Waals surface area contributed by atoms with Gasteiger partial charge < -0.3 is 25.3 Å². The molecule has 10 nitrogen and oxygen atoms in total. The SMILES string of the molecule is CCNC(=O)N1CCC(NC(=O)c2nccnc2NC(=O)c2ccoc2)CC1. The standard InChI is InChI=1S/C18H22N6O4/c1-2-19-18(27)24-8-3-13(4-9-24)22-17(26)14-15(21-7-6-20-14)23-16(25)12-5-10-28-11-12/h5-7,10-11,13H,2-4,8-9H2,1H3,(H,19,27)(H,22,26)(H,21,23,25). The number of nitrogens with zero attached hydrogens (tertiary/aromatic N) is 3. The lowest BCUT2D eigenvalue weighted by Crippen LogP contribution is -2.49. The maximum Gasteiger partial charge on any atom is 0.317 e. The molecular weight excluding hydrogens is 364 g/mol. The molecule has 2 aromatic heterocycles.